The van der Waals surface area contributed by atoms with Crippen LogP contribution in [-0.4, -0.2) is 37.0 Å². The molecule has 110 valence electrons. The molecule has 0 aromatic heterocycles. The van der Waals surface area contributed by atoms with E-state index in [0.29, 0.717) is 26.2 Å². The van der Waals surface area contributed by atoms with Crippen molar-refractivity contribution in [3.8, 4) is 0 Å². The molecular weight excluding hydrogens is 283 g/mol. The van der Waals surface area contributed by atoms with Crippen molar-refractivity contribution in [1.29, 1.82) is 0 Å². The summed E-state index contributed by atoms with van der Waals surface area (Å²) in [4.78, 5) is 15.0. The number of halogens is 2. The lowest BCUT2D eigenvalue weighted by molar-refractivity contribution is -0.128. The van der Waals surface area contributed by atoms with E-state index in [4.69, 9.17) is 23.1 Å². The van der Waals surface area contributed by atoms with E-state index < -0.39 is 5.82 Å². The third kappa shape index (κ3) is 2.75. The third-order valence-electron chi connectivity index (χ3n) is 3.50. The zero-order valence-electron chi connectivity index (χ0n) is 11.3. The highest BCUT2D eigenvalue weighted by atomic mass is 35.5. The first-order chi connectivity index (χ1) is 9.41. The number of nitrogens with zero attached hydrogens (tertiary/aromatic N) is 2. The van der Waals surface area contributed by atoms with Crippen LogP contribution in [0.25, 0.3) is 0 Å². The van der Waals surface area contributed by atoms with Gasteiger partial charge in [-0.2, -0.15) is 0 Å². The number of nitrogens with two attached hydrogens (primary N) is 2. The van der Waals surface area contributed by atoms with E-state index in [1.807, 2.05) is 4.90 Å². The van der Waals surface area contributed by atoms with Crippen LogP contribution in [-0.2, 0) is 4.79 Å². The lowest BCUT2D eigenvalue weighted by Crippen LogP contribution is -2.34. The highest BCUT2D eigenvalue weighted by molar-refractivity contribution is 6.33. The summed E-state index contributed by atoms with van der Waals surface area (Å²) in [6, 6.07) is 1.47. The number of carbonyl (C=O) groups is 1. The monoisotopic (exact) mass is 300 g/mol. The summed E-state index contributed by atoms with van der Waals surface area (Å²) in [6.45, 7) is 3.86. The van der Waals surface area contributed by atoms with Crippen LogP contribution in [0, 0.1) is 5.82 Å². The highest BCUT2D eigenvalue weighted by Gasteiger charge is 2.23. The topological polar surface area (TPSA) is 75.6 Å². The molecule has 20 heavy (non-hydrogen) atoms. The summed E-state index contributed by atoms with van der Waals surface area (Å²) < 4.78 is 14.3. The average molecular weight is 301 g/mol. The normalized spacial score (nSPS) is 16.1. The quantitative estimate of drug-likeness (QED) is 0.774. The van der Waals surface area contributed by atoms with Crippen LogP contribution in [0.1, 0.15) is 13.3 Å². The molecule has 0 aliphatic carbocycles. The average Bonchev–Trinajstić information content (AvgIpc) is 2.62. The Hall–Kier alpha value is -1.69. The Morgan fingerprint density at radius 3 is 2.60 bits per heavy atom. The minimum Gasteiger partial charge on any atom is -0.397 e. The Balaban J connectivity index is 2.28. The number of amides is 1. The van der Waals surface area contributed by atoms with Crippen molar-refractivity contribution < 1.29 is 9.18 Å². The Labute approximate surface area is 122 Å². The first-order valence-electron chi connectivity index (χ1n) is 6.45. The molecule has 0 atom stereocenters. The van der Waals surface area contributed by atoms with Crippen LogP contribution in [0.4, 0.5) is 21.5 Å². The number of nitrogen functional groups attached to an aromatic ring is 2. The molecule has 0 bridgehead atoms. The number of rotatable bonds is 1. The van der Waals surface area contributed by atoms with Crippen molar-refractivity contribution in [2.45, 2.75) is 13.3 Å². The fraction of sp³-hybridized carbons (Fsp3) is 0.462. The van der Waals surface area contributed by atoms with Gasteiger partial charge < -0.3 is 21.3 Å². The maximum absolute atomic E-state index is 14.3. The standard InChI is InChI=1S/C13H18ClFN4O/c1-8(20)18-3-2-4-19(6-5-18)13-10(17)7-9(16)11(14)12(13)15/h7H,2-6,16-17H2,1H3. The summed E-state index contributed by atoms with van der Waals surface area (Å²) in [7, 11) is 0. The second-order valence-electron chi connectivity index (χ2n) is 4.88. The maximum atomic E-state index is 14.3. The van der Waals surface area contributed by atoms with Gasteiger partial charge in [0.1, 0.15) is 5.02 Å². The maximum Gasteiger partial charge on any atom is 0.219 e. The summed E-state index contributed by atoms with van der Waals surface area (Å²) in [5.41, 5.74) is 12.1. The van der Waals surface area contributed by atoms with Crippen molar-refractivity contribution in [2.75, 3.05) is 42.5 Å². The van der Waals surface area contributed by atoms with Gasteiger partial charge in [-0.3, -0.25) is 4.79 Å². The van der Waals surface area contributed by atoms with Gasteiger partial charge in [0.05, 0.1) is 17.1 Å². The molecule has 1 aromatic carbocycles. The summed E-state index contributed by atoms with van der Waals surface area (Å²) >= 11 is 5.85. The number of anilines is 3. The van der Waals surface area contributed by atoms with Gasteiger partial charge >= 0.3 is 0 Å². The van der Waals surface area contributed by atoms with Crippen LogP contribution in [0.5, 0.6) is 0 Å². The fourth-order valence-corrected chi connectivity index (χ4v) is 2.58. The molecule has 1 aromatic rings. The van der Waals surface area contributed by atoms with Crippen LogP contribution in [0.2, 0.25) is 5.02 Å². The van der Waals surface area contributed by atoms with Gasteiger partial charge in [0, 0.05) is 33.1 Å². The second-order valence-corrected chi connectivity index (χ2v) is 5.26. The lowest BCUT2D eigenvalue weighted by Gasteiger charge is -2.25. The molecule has 5 nitrogen and oxygen atoms in total. The molecule has 4 N–H and O–H groups in total. The van der Waals surface area contributed by atoms with Crippen molar-refractivity contribution in [3.63, 3.8) is 0 Å². The summed E-state index contributed by atoms with van der Waals surface area (Å²) in [5.74, 6) is -0.573. The molecular formula is C13H18ClFN4O. The molecule has 1 aliphatic heterocycles. The molecule has 0 spiro atoms. The molecule has 7 heteroatoms. The van der Waals surface area contributed by atoms with Crippen molar-refractivity contribution >= 4 is 34.6 Å². The van der Waals surface area contributed by atoms with Gasteiger partial charge in [-0.05, 0) is 12.5 Å². The Bertz CT molecular complexity index is 538. The molecule has 1 aliphatic rings. The van der Waals surface area contributed by atoms with Gasteiger partial charge in [-0.25, -0.2) is 4.39 Å². The highest BCUT2D eigenvalue weighted by Crippen LogP contribution is 2.36. The van der Waals surface area contributed by atoms with Gasteiger partial charge in [0.25, 0.3) is 0 Å². The molecule has 0 saturated carbocycles. The minimum atomic E-state index is -0.597. The largest absolute Gasteiger partial charge is 0.397 e. The Morgan fingerprint density at radius 1 is 1.25 bits per heavy atom. The smallest absolute Gasteiger partial charge is 0.219 e. The van der Waals surface area contributed by atoms with E-state index in [2.05, 4.69) is 0 Å². The predicted octanol–water partition coefficient (Wildman–Crippen LogP) is 1.70. The van der Waals surface area contributed by atoms with E-state index in [1.54, 1.807) is 4.90 Å². The Morgan fingerprint density at radius 2 is 1.95 bits per heavy atom. The van der Waals surface area contributed by atoms with E-state index in [-0.39, 0.29) is 28.0 Å². The number of hydrogen-bond acceptors (Lipinski definition) is 4. The summed E-state index contributed by atoms with van der Waals surface area (Å²) in [5, 5.41) is -0.109. The molecule has 0 unspecified atom stereocenters. The third-order valence-corrected chi connectivity index (χ3v) is 3.88. The first-order valence-corrected chi connectivity index (χ1v) is 6.83. The lowest BCUT2D eigenvalue weighted by atomic mass is 10.2. The van der Waals surface area contributed by atoms with E-state index in [1.165, 1.54) is 13.0 Å². The molecule has 2 rings (SSSR count). The van der Waals surface area contributed by atoms with Gasteiger partial charge in [0.15, 0.2) is 5.82 Å². The van der Waals surface area contributed by atoms with E-state index in [0.717, 1.165) is 6.42 Å². The number of hydrogen-bond donors (Lipinski definition) is 2. The van der Waals surface area contributed by atoms with Crippen LogP contribution in [0.15, 0.2) is 6.07 Å². The fourth-order valence-electron chi connectivity index (χ4n) is 2.43. The predicted molar refractivity (Wildman–Crippen MR) is 79.3 cm³/mol. The van der Waals surface area contributed by atoms with E-state index >= 15 is 0 Å². The molecule has 1 amide bonds. The molecule has 1 heterocycles. The van der Waals surface area contributed by atoms with Crippen LogP contribution in [0.3, 0.4) is 0 Å². The number of carbonyl (C=O) groups excluding carboxylic acids is 1. The van der Waals surface area contributed by atoms with Crippen molar-refractivity contribution in [3.05, 3.63) is 16.9 Å². The van der Waals surface area contributed by atoms with E-state index in [9.17, 15) is 9.18 Å². The Kier molecular flexibility index (Phi) is 4.23. The van der Waals surface area contributed by atoms with Gasteiger partial charge in [-0.1, -0.05) is 11.6 Å². The molecule has 0 radical (unpaired) electrons. The zero-order chi connectivity index (χ0) is 14.9. The minimum absolute atomic E-state index is 0.0237. The van der Waals surface area contributed by atoms with Crippen LogP contribution >= 0.6 is 11.6 Å². The first kappa shape index (κ1) is 14.7. The van der Waals surface area contributed by atoms with Gasteiger partial charge in [0.2, 0.25) is 5.91 Å². The van der Waals surface area contributed by atoms with Crippen LogP contribution < -0.4 is 16.4 Å². The second kappa shape index (κ2) is 5.75. The SMILES string of the molecule is CC(=O)N1CCCN(c2c(N)cc(N)c(Cl)c2F)CC1. The van der Waals surface area contributed by atoms with Crippen molar-refractivity contribution in [2.24, 2.45) is 0 Å². The number of benzene rings is 1. The zero-order valence-corrected chi connectivity index (χ0v) is 12.1. The summed E-state index contributed by atoms with van der Waals surface area (Å²) in [6.07, 6.45) is 0.750. The van der Waals surface area contributed by atoms with Crippen molar-refractivity contribution in [1.82, 2.24) is 4.90 Å². The van der Waals surface area contributed by atoms with Gasteiger partial charge in [-0.15, -0.1) is 0 Å². The molecule has 1 saturated heterocycles. The molecule has 1 fully saturated rings.